The van der Waals surface area contributed by atoms with Gasteiger partial charge < -0.3 is 9.73 Å². The molecule has 1 unspecified atom stereocenters. The molecule has 1 atom stereocenters. The fourth-order valence-electron chi connectivity index (χ4n) is 3.20. The molecule has 1 aliphatic rings. The van der Waals surface area contributed by atoms with Crippen molar-refractivity contribution in [3.63, 3.8) is 0 Å². The molecule has 1 saturated carbocycles. The zero-order valence-electron chi connectivity index (χ0n) is 13.4. The van der Waals surface area contributed by atoms with Crippen LogP contribution in [0.2, 0.25) is 0 Å². The lowest BCUT2D eigenvalue weighted by Crippen LogP contribution is -2.30. The van der Waals surface area contributed by atoms with E-state index >= 15 is 0 Å². The van der Waals surface area contributed by atoms with Crippen molar-refractivity contribution in [2.24, 2.45) is 11.8 Å². The molecule has 0 aliphatic heterocycles. The molecular weight excluding hydrogens is 298 g/mol. The molecular formula is C21H20NO2. The predicted octanol–water partition coefficient (Wildman–Crippen LogP) is 4.44. The first-order chi connectivity index (χ1) is 11.8. The van der Waals surface area contributed by atoms with Gasteiger partial charge in [-0.3, -0.25) is 4.79 Å². The first-order valence-corrected chi connectivity index (χ1v) is 8.45. The Labute approximate surface area is 141 Å². The summed E-state index contributed by atoms with van der Waals surface area (Å²) < 4.78 is 5.38. The van der Waals surface area contributed by atoms with Crippen LogP contribution in [0.3, 0.4) is 0 Å². The standard InChI is InChI=1S/C21H20NO2/c23-21(19-7-4-8-20-18(19)11-12-24-20)22-14-17(16-9-10-16)13-15-5-2-1-3-6-15/h1-8,11-13,16-17H,9-10,14H2,(H,22,23). The minimum Gasteiger partial charge on any atom is -0.464 e. The number of fused-ring (bicyclic) bond motifs is 1. The van der Waals surface area contributed by atoms with Crippen LogP contribution in [0.4, 0.5) is 0 Å². The zero-order chi connectivity index (χ0) is 16.4. The molecule has 121 valence electrons. The summed E-state index contributed by atoms with van der Waals surface area (Å²) in [5, 5.41) is 3.98. The average Bonchev–Trinajstić information content (AvgIpc) is 3.35. The Morgan fingerprint density at radius 1 is 1.12 bits per heavy atom. The number of hydrogen-bond donors (Lipinski definition) is 1. The second-order valence-corrected chi connectivity index (χ2v) is 6.43. The summed E-state index contributed by atoms with van der Waals surface area (Å²) in [5.41, 5.74) is 2.65. The smallest absolute Gasteiger partial charge is 0.252 e. The molecule has 24 heavy (non-hydrogen) atoms. The Bertz CT molecular complexity index is 833. The van der Waals surface area contributed by atoms with Gasteiger partial charge in [0.15, 0.2) is 0 Å². The van der Waals surface area contributed by atoms with Gasteiger partial charge in [-0.2, -0.15) is 0 Å². The van der Waals surface area contributed by atoms with Crippen molar-refractivity contribution in [2.45, 2.75) is 12.8 Å². The Kier molecular flexibility index (Phi) is 4.08. The molecule has 1 N–H and O–H groups in total. The largest absolute Gasteiger partial charge is 0.464 e. The maximum Gasteiger partial charge on any atom is 0.252 e. The van der Waals surface area contributed by atoms with Crippen molar-refractivity contribution < 1.29 is 9.21 Å². The number of carbonyl (C=O) groups is 1. The summed E-state index contributed by atoms with van der Waals surface area (Å²) in [5.74, 6) is 1.05. The molecule has 1 amide bonds. The zero-order valence-corrected chi connectivity index (χ0v) is 13.4. The van der Waals surface area contributed by atoms with Gasteiger partial charge in [-0.05, 0) is 54.9 Å². The fraction of sp³-hybridized carbons (Fsp3) is 0.238. The van der Waals surface area contributed by atoms with E-state index in [0.717, 1.165) is 11.0 Å². The SMILES string of the molecule is O=C(NCC([CH]c1ccccc1)C1CC1)c1cccc2occc12. The molecule has 2 aromatic carbocycles. The first kappa shape index (κ1) is 15.0. The Hall–Kier alpha value is -2.55. The van der Waals surface area contributed by atoms with E-state index < -0.39 is 0 Å². The Balaban J connectivity index is 1.44. The molecule has 0 saturated heterocycles. The molecule has 3 nitrogen and oxygen atoms in total. The van der Waals surface area contributed by atoms with Crippen molar-refractivity contribution in [2.75, 3.05) is 6.54 Å². The first-order valence-electron chi connectivity index (χ1n) is 8.45. The minimum atomic E-state index is -0.0332. The highest BCUT2D eigenvalue weighted by atomic mass is 16.3. The lowest BCUT2D eigenvalue weighted by atomic mass is 9.94. The molecule has 1 aromatic heterocycles. The van der Waals surface area contributed by atoms with Gasteiger partial charge in [0, 0.05) is 11.9 Å². The second-order valence-electron chi connectivity index (χ2n) is 6.43. The number of furan rings is 1. The van der Waals surface area contributed by atoms with Crippen LogP contribution in [0.15, 0.2) is 65.3 Å². The summed E-state index contributed by atoms with van der Waals surface area (Å²) in [4.78, 5) is 12.6. The van der Waals surface area contributed by atoms with Crippen LogP contribution in [-0.2, 0) is 0 Å². The quantitative estimate of drug-likeness (QED) is 0.730. The number of nitrogens with one attached hydrogen (secondary N) is 1. The van der Waals surface area contributed by atoms with E-state index in [-0.39, 0.29) is 5.91 Å². The van der Waals surface area contributed by atoms with Gasteiger partial charge in [-0.1, -0.05) is 36.4 Å². The van der Waals surface area contributed by atoms with E-state index in [9.17, 15) is 4.79 Å². The highest BCUT2D eigenvalue weighted by Gasteiger charge is 2.31. The molecule has 1 heterocycles. The van der Waals surface area contributed by atoms with Gasteiger partial charge in [-0.25, -0.2) is 0 Å². The number of benzene rings is 2. The molecule has 0 bridgehead atoms. The van der Waals surface area contributed by atoms with Crippen molar-refractivity contribution >= 4 is 16.9 Å². The van der Waals surface area contributed by atoms with Crippen LogP contribution in [0.25, 0.3) is 11.0 Å². The molecule has 1 fully saturated rings. The lowest BCUT2D eigenvalue weighted by molar-refractivity contribution is 0.0949. The molecule has 3 heteroatoms. The molecule has 1 aliphatic carbocycles. The van der Waals surface area contributed by atoms with Crippen molar-refractivity contribution in [1.29, 1.82) is 0 Å². The van der Waals surface area contributed by atoms with Crippen molar-refractivity contribution in [1.82, 2.24) is 5.32 Å². The van der Waals surface area contributed by atoms with Crippen LogP contribution in [0, 0.1) is 18.3 Å². The maximum atomic E-state index is 12.6. The van der Waals surface area contributed by atoms with Gasteiger partial charge in [0.05, 0.1) is 11.8 Å². The Morgan fingerprint density at radius 3 is 2.75 bits per heavy atom. The Morgan fingerprint density at radius 2 is 1.96 bits per heavy atom. The van der Waals surface area contributed by atoms with Crippen LogP contribution in [0.1, 0.15) is 28.8 Å². The van der Waals surface area contributed by atoms with Gasteiger partial charge >= 0.3 is 0 Å². The summed E-state index contributed by atoms with van der Waals surface area (Å²) >= 11 is 0. The summed E-state index contributed by atoms with van der Waals surface area (Å²) in [6.45, 7) is 0.673. The van der Waals surface area contributed by atoms with E-state index in [1.807, 2.05) is 42.5 Å². The minimum absolute atomic E-state index is 0.0332. The number of hydrogen-bond acceptors (Lipinski definition) is 2. The average molecular weight is 318 g/mol. The van der Waals surface area contributed by atoms with Crippen LogP contribution >= 0.6 is 0 Å². The van der Waals surface area contributed by atoms with Crippen LogP contribution < -0.4 is 5.32 Å². The summed E-state index contributed by atoms with van der Waals surface area (Å²) in [6.07, 6.45) is 6.41. The molecule has 3 aromatic rings. The van der Waals surface area contributed by atoms with E-state index in [4.69, 9.17) is 4.42 Å². The third kappa shape index (κ3) is 3.21. The normalized spacial score (nSPS) is 15.3. The molecule has 0 spiro atoms. The number of amides is 1. The van der Waals surface area contributed by atoms with Gasteiger partial charge in [0.1, 0.15) is 5.58 Å². The molecule has 1 radical (unpaired) electrons. The van der Waals surface area contributed by atoms with Gasteiger partial charge in [0.25, 0.3) is 5.91 Å². The fourth-order valence-corrected chi connectivity index (χ4v) is 3.20. The van der Waals surface area contributed by atoms with E-state index in [0.29, 0.717) is 23.9 Å². The second kappa shape index (κ2) is 6.52. The highest BCUT2D eigenvalue weighted by molar-refractivity contribution is 6.05. The monoisotopic (exact) mass is 318 g/mol. The third-order valence-corrected chi connectivity index (χ3v) is 4.67. The van der Waals surface area contributed by atoms with Crippen LogP contribution in [-0.4, -0.2) is 12.5 Å². The van der Waals surface area contributed by atoms with E-state index in [2.05, 4.69) is 23.9 Å². The van der Waals surface area contributed by atoms with E-state index in [1.54, 1.807) is 6.26 Å². The highest BCUT2D eigenvalue weighted by Crippen LogP contribution is 2.39. The van der Waals surface area contributed by atoms with Crippen LogP contribution in [0.5, 0.6) is 0 Å². The maximum absolute atomic E-state index is 12.6. The third-order valence-electron chi connectivity index (χ3n) is 4.67. The molecule has 4 rings (SSSR count). The predicted molar refractivity (Wildman–Crippen MR) is 94.6 cm³/mol. The van der Waals surface area contributed by atoms with Crippen molar-refractivity contribution in [3.8, 4) is 0 Å². The topological polar surface area (TPSA) is 42.2 Å². The van der Waals surface area contributed by atoms with Gasteiger partial charge in [-0.15, -0.1) is 0 Å². The lowest BCUT2D eigenvalue weighted by Gasteiger charge is -2.17. The van der Waals surface area contributed by atoms with Gasteiger partial charge in [0.2, 0.25) is 0 Å². The number of carbonyl (C=O) groups excluding carboxylic acids is 1. The number of rotatable bonds is 6. The van der Waals surface area contributed by atoms with E-state index in [1.165, 1.54) is 18.4 Å². The van der Waals surface area contributed by atoms with Crippen molar-refractivity contribution in [3.05, 3.63) is 78.4 Å². The summed E-state index contributed by atoms with van der Waals surface area (Å²) in [6, 6.07) is 17.8. The summed E-state index contributed by atoms with van der Waals surface area (Å²) in [7, 11) is 0.